The number of nitrogens with zero attached hydrogens (tertiary/aromatic N) is 1. The van der Waals surface area contributed by atoms with Crippen LogP contribution in [0.2, 0.25) is 0 Å². The van der Waals surface area contributed by atoms with Crippen molar-refractivity contribution in [1.29, 1.82) is 0 Å². The maximum Gasteiger partial charge on any atom is 0.248 e. The first-order valence-electron chi connectivity index (χ1n) is 6.88. The zero-order valence-corrected chi connectivity index (χ0v) is 12.5. The molecule has 0 saturated carbocycles. The maximum absolute atomic E-state index is 11.2. The molecule has 0 aliphatic carbocycles. The minimum atomic E-state index is -0.391. The molecule has 0 atom stereocenters. The van der Waals surface area contributed by atoms with Gasteiger partial charge in [0.1, 0.15) is 0 Å². The average Bonchev–Trinajstić information content (AvgIpc) is 2.40. The number of nitrogen functional groups attached to an aromatic ring is 1. The first kappa shape index (κ1) is 15.1. The number of hydrogen-bond acceptors (Lipinski definition) is 3. The van der Waals surface area contributed by atoms with E-state index in [4.69, 9.17) is 11.5 Å². The number of anilines is 1. The number of benzene rings is 2. The maximum atomic E-state index is 11.2. The smallest absolute Gasteiger partial charge is 0.248 e. The Hall–Kier alpha value is -2.33. The van der Waals surface area contributed by atoms with Crippen molar-refractivity contribution in [3.63, 3.8) is 0 Å². The molecule has 4 N–H and O–H groups in total. The molecular weight excluding hydrogens is 262 g/mol. The molecule has 4 nitrogen and oxygen atoms in total. The lowest BCUT2D eigenvalue weighted by atomic mass is 10.0. The van der Waals surface area contributed by atoms with Gasteiger partial charge in [-0.15, -0.1) is 0 Å². The summed E-state index contributed by atoms with van der Waals surface area (Å²) in [5.74, 6) is -0.391. The number of hydrogen-bond donors (Lipinski definition) is 2. The molecular formula is C17H21N3O. The van der Waals surface area contributed by atoms with E-state index >= 15 is 0 Å². The Labute approximate surface area is 125 Å². The van der Waals surface area contributed by atoms with E-state index in [1.54, 1.807) is 6.07 Å². The molecule has 0 aliphatic rings. The number of nitrogens with two attached hydrogens (primary N) is 2. The van der Waals surface area contributed by atoms with Crippen LogP contribution in [0.15, 0.2) is 42.5 Å². The van der Waals surface area contributed by atoms with Gasteiger partial charge in [0.25, 0.3) is 0 Å². The van der Waals surface area contributed by atoms with E-state index in [1.165, 1.54) is 11.1 Å². The summed E-state index contributed by atoms with van der Waals surface area (Å²) in [5.41, 5.74) is 15.9. The van der Waals surface area contributed by atoms with Gasteiger partial charge in [0.15, 0.2) is 0 Å². The second kappa shape index (κ2) is 6.41. The molecule has 0 aliphatic heterocycles. The van der Waals surface area contributed by atoms with Gasteiger partial charge in [-0.25, -0.2) is 0 Å². The minimum absolute atomic E-state index is 0.391. The van der Waals surface area contributed by atoms with Crippen molar-refractivity contribution in [2.24, 2.45) is 5.73 Å². The highest BCUT2D eigenvalue weighted by Gasteiger charge is 2.07. The van der Waals surface area contributed by atoms with Crippen molar-refractivity contribution in [2.45, 2.75) is 20.0 Å². The van der Waals surface area contributed by atoms with Crippen LogP contribution in [-0.2, 0) is 13.1 Å². The van der Waals surface area contributed by atoms with Gasteiger partial charge in [0.2, 0.25) is 5.91 Å². The number of carbonyl (C=O) groups excluding carboxylic acids is 1. The molecule has 21 heavy (non-hydrogen) atoms. The lowest BCUT2D eigenvalue weighted by Crippen LogP contribution is -2.18. The molecule has 2 aromatic rings. The van der Waals surface area contributed by atoms with E-state index in [2.05, 4.69) is 18.0 Å². The van der Waals surface area contributed by atoms with E-state index < -0.39 is 5.91 Å². The number of primary amides is 1. The predicted molar refractivity (Wildman–Crippen MR) is 85.7 cm³/mol. The van der Waals surface area contributed by atoms with E-state index in [-0.39, 0.29) is 0 Å². The summed E-state index contributed by atoms with van der Waals surface area (Å²) in [6.45, 7) is 3.62. The van der Waals surface area contributed by atoms with Crippen molar-refractivity contribution < 1.29 is 4.79 Å². The molecule has 0 fully saturated rings. The highest BCUT2D eigenvalue weighted by molar-refractivity contribution is 5.93. The van der Waals surface area contributed by atoms with Gasteiger partial charge in [-0.1, -0.05) is 18.2 Å². The van der Waals surface area contributed by atoms with Crippen LogP contribution in [0.3, 0.4) is 0 Å². The quantitative estimate of drug-likeness (QED) is 0.827. The van der Waals surface area contributed by atoms with Crippen LogP contribution in [0.4, 0.5) is 5.69 Å². The fourth-order valence-electron chi connectivity index (χ4n) is 2.38. The van der Waals surface area contributed by atoms with Gasteiger partial charge in [0, 0.05) is 24.3 Å². The van der Waals surface area contributed by atoms with Gasteiger partial charge < -0.3 is 11.5 Å². The van der Waals surface area contributed by atoms with E-state index in [1.807, 2.05) is 37.3 Å². The highest BCUT2D eigenvalue weighted by atomic mass is 16.1. The Morgan fingerprint density at radius 2 is 1.90 bits per heavy atom. The lowest BCUT2D eigenvalue weighted by molar-refractivity contribution is 0.1000. The zero-order chi connectivity index (χ0) is 15.4. The van der Waals surface area contributed by atoms with E-state index in [0.29, 0.717) is 5.56 Å². The first-order valence-corrected chi connectivity index (χ1v) is 6.88. The van der Waals surface area contributed by atoms with Crippen molar-refractivity contribution in [2.75, 3.05) is 12.8 Å². The van der Waals surface area contributed by atoms with Crippen molar-refractivity contribution in [1.82, 2.24) is 4.90 Å². The van der Waals surface area contributed by atoms with Crippen LogP contribution in [0.1, 0.15) is 27.0 Å². The van der Waals surface area contributed by atoms with Gasteiger partial charge in [-0.3, -0.25) is 9.69 Å². The number of rotatable bonds is 5. The second-order valence-electron chi connectivity index (χ2n) is 5.42. The van der Waals surface area contributed by atoms with Crippen molar-refractivity contribution in [3.8, 4) is 0 Å². The van der Waals surface area contributed by atoms with Crippen molar-refractivity contribution in [3.05, 3.63) is 64.7 Å². The van der Waals surface area contributed by atoms with Crippen LogP contribution < -0.4 is 11.5 Å². The predicted octanol–water partition coefficient (Wildman–Crippen LogP) is 2.31. The molecule has 0 spiro atoms. The normalized spacial score (nSPS) is 10.8. The van der Waals surface area contributed by atoms with Crippen molar-refractivity contribution >= 4 is 11.6 Å². The Kier molecular flexibility index (Phi) is 4.60. The lowest BCUT2D eigenvalue weighted by Gasteiger charge is -2.18. The summed E-state index contributed by atoms with van der Waals surface area (Å²) >= 11 is 0. The molecule has 4 heteroatoms. The summed E-state index contributed by atoms with van der Waals surface area (Å²) in [6, 6.07) is 13.5. The van der Waals surface area contributed by atoms with Crippen LogP contribution >= 0.6 is 0 Å². The number of amides is 1. The molecule has 2 rings (SSSR count). The fourth-order valence-corrected chi connectivity index (χ4v) is 2.38. The Balaban J connectivity index is 2.06. The molecule has 0 unspecified atom stereocenters. The molecule has 0 bridgehead atoms. The molecule has 0 radical (unpaired) electrons. The van der Waals surface area contributed by atoms with Gasteiger partial charge >= 0.3 is 0 Å². The summed E-state index contributed by atoms with van der Waals surface area (Å²) in [5, 5.41) is 0. The molecule has 1 amide bonds. The zero-order valence-electron chi connectivity index (χ0n) is 12.5. The molecule has 0 aromatic heterocycles. The Bertz CT molecular complexity index is 652. The third-order valence-electron chi connectivity index (χ3n) is 3.47. The topological polar surface area (TPSA) is 72.4 Å². The summed E-state index contributed by atoms with van der Waals surface area (Å²) in [6.07, 6.45) is 0. The highest BCUT2D eigenvalue weighted by Crippen LogP contribution is 2.15. The van der Waals surface area contributed by atoms with E-state index in [0.717, 1.165) is 24.3 Å². The van der Waals surface area contributed by atoms with E-state index in [9.17, 15) is 4.79 Å². The molecule has 0 saturated heterocycles. The minimum Gasteiger partial charge on any atom is -0.399 e. The molecule has 2 aromatic carbocycles. The van der Waals surface area contributed by atoms with Crippen LogP contribution in [0.5, 0.6) is 0 Å². The first-order chi connectivity index (χ1) is 9.95. The summed E-state index contributed by atoms with van der Waals surface area (Å²) in [4.78, 5) is 13.4. The Morgan fingerprint density at radius 1 is 1.14 bits per heavy atom. The Morgan fingerprint density at radius 3 is 2.52 bits per heavy atom. The average molecular weight is 283 g/mol. The third-order valence-corrected chi connectivity index (χ3v) is 3.47. The van der Waals surface area contributed by atoms with Gasteiger partial charge in [-0.05, 0) is 54.9 Å². The van der Waals surface area contributed by atoms with Crippen LogP contribution in [-0.4, -0.2) is 17.9 Å². The monoisotopic (exact) mass is 283 g/mol. The van der Waals surface area contributed by atoms with Gasteiger partial charge in [0.05, 0.1) is 0 Å². The fraction of sp³-hybridized carbons (Fsp3) is 0.235. The molecule has 0 heterocycles. The third kappa shape index (κ3) is 4.07. The van der Waals surface area contributed by atoms with Crippen LogP contribution in [0, 0.1) is 6.92 Å². The number of carbonyl (C=O) groups is 1. The summed E-state index contributed by atoms with van der Waals surface area (Å²) < 4.78 is 0. The van der Waals surface area contributed by atoms with Crippen LogP contribution in [0.25, 0.3) is 0 Å². The largest absolute Gasteiger partial charge is 0.399 e. The summed E-state index contributed by atoms with van der Waals surface area (Å²) in [7, 11) is 2.06. The standard InChI is InChI=1S/C17H21N3O/c1-12-8-14(17(19)21)6-7-15(12)11-20(2)10-13-4-3-5-16(18)9-13/h3-9H,10-11,18H2,1-2H3,(H2,19,21). The SMILES string of the molecule is Cc1cc(C(N)=O)ccc1CN(C)Cc1cccc(N)c1. The number of aryl methyl sites for hydroxylation is 1. The molecule has 110 valence electrons. The second-order valence-corrected chi connectivity index (χ2v) is 5.42. The van der Waals surface area contributed by atoms with Gasteiger partial charge in [-0.2, -0.15) is 0 Å².